The topological polar surface area (TPSA) is 89.5 Å². The summed E-state index contributed by atoms with van der Waals surface area (Å²) in [5, 5.41) is 0.121. The minimum atomic E-state index is -0.366. The first kappa shape index (κ1) is 24.9. The van der Waals surface area contributed by atoms with Crippen LogP contribution in [-0.2, 0) is 32.5 Å². The molecule has 0 bridgehead atoms. The summed E-state index contributed by atoms with van der Waals surface area (Å²) in [6.45, 7) is 3.89. The molecule has 0 saturated heterocycles. The summed E-state index contributed by atoms with van der Waals surface area (Å²) in [6.07, 6.45) is 14.3. The molecule has 184 valence electrons. The van der Waals surface area contributed by atoms with Crippen molar-refractivity contribution in [2.75, 3.05) is 0 Å². The van der Waals surface area contributed by atoms with Gasteiger partial charge in [0.25, 0.3) is 5.56 Å². The molecule has 4 aromatic rings. The first-order valence-electron chi connectivity index (χ1n) is 12.3. The molecule has 0 aliphatic carbocycles. The molecule has 35 heavy (non-hydrogen) atoms. The van der Waals surface area contributed by atoms with E-state index in [1.54, 1.807) is 10.8 Å². The van der Waals surface area contributed by atoms with E-state index < -0.39 is 0 Å². The molecule has 0 aromatic carbocycles. The van der Waals surface area contributed by atoms with Gasteiger partial charge in [-0.05, 0) is 55.0 Å². The molecule has 1 N–H and O–H groups in total. The number of hydrogen-bond acceptors (Lipinski definition) is 4. The maximum Gasteiger partial charge on any atom is 0.332 e. The summed E-state index contributed by atoms with van der Waals surface area (Å²) in [4.78, 5) is 37.3. The molecule has 8 nitrogen and oxygen atoms in total. The third-order valence-electron chi connectivity index (χ3n) is 6.19. The predicted octanol–water partition coefficient (Wildman–Crippen LogP) is 3.68. The number of imidazole rings is 1. The quantitative estimate of drug-likeness (QED) is 0.184. The lowest BCUT2D eigenvalue weighted by molar-refractivity contribution is -0.697. The summed E-state index contributed by atoms with van der Waals surface area (Å²) in [6, 6.07) is 8.20. The van der Waals surface area contributed by atoms with E-state index in [2.05, 4.69) is 51.0 Å². The van der Waals surface area contributed by atoms with Crippen molar-refractivity contribution >= 4 is 22.8 Å². The number of nitrogens with one attached hydrogen (secondary N) is 1. The number of H-pyrrole nitrogens is 1. The van der Waals surface area contributed by atoms with Crippen molar-refractivity contribution in [1.29, 1.82) is 0 Å². The van der Waals surface area contributed by atoms with Gasteiger partial charge in [0, 0.05) is 43.5 Å². The highest BCUT2D eigenvalue weighted by molar-refractivity contribution is 6.28. The van der Waals surface area contributed by atoms with Crippen LogP contribution in [0.25, 0.3) is 11.2 Å². The van der Waals surface area contributed by atoms with E-state index >= 15 is 0 Å². The van der Waals surface area contributed by atoms with E-state index in [1.807, 2.05) is 18.3 Å². The number of aromatic amines is 1. The lowest BCUT2D eigenvalue weighted by atomic mass is 10.1. The number of unbranched alkanes of at least 4 members (excludes halogenated alkanes) is 2. The molecule has 0 fully saturated rings. The van der Waals surface area contributed by atoms with E-state index in [0.717, 1.165) is 45.1 Å². The average Bonchev–Trinajstić information content (AvgIpc) is 3.26. The van der Waals surface area contributed by atoms with Gasteiger partial charge in [-0.15, -0.1) is 0 Å². The van der Waals surface area contributed by atoms with Crippen LogP contribution < -0.4 is 15.8 Å². The van der Waals surface area contributed by atoms with Gasteiger partial charge in [-0.25, -0.2) is 9.36 Å². The van der Waals surface area contributed by atoms with Crippen molar-refractivity contribution < 1.29 is 4.57 Å². The van der Waals surface area contributed by atoms with Gasteiger partial charge < -0.3 is 4.98 Å². The van der Waals surface area contributed by atoms with Crippen molar-refractivity contribution in [2.24, 2.45) is 0 Å². The summed E-state index contributed by atoms with van der Waals surface area (Å²) in [5.74, 6) is 0. The lowest BCUT2D eigenvalue weighted by Gasteiger charge is -2.11. The molecule has 4 heterocycles. The zero-order chi connectivity index (χ0) is 24.6. The fourth-order valence-corrected chi connectivity index (χ4v) is 4.55. The number of fused-ring (bicyclic) bond motifs is 1. The van der Waals surface area contributed by atoms with Crippen LogP contribution in [0.15, 0.2) is 58.6 Å². The maximum atomic E-state index is 13.2. The van der Waals surface area contributed by atoms with Crippen molar-refractivity contribution in [3.8, 4) is 0 Å². The Balaban J connectivity index is 1.42. The third kappa shape index (κ3) is 6.25. The summed E-state index contributed by atoms with van der Waals surface area (Å²) >= 11 is 6.03. The highest BCUT2D eigenvalue weighted by atomic mass is 35.5. The highest BCUT2D eigenvalue weighted by Gasteiger charge is 2.17. The van der Waals surface area contributed by atoms with E-state index in [1.165, 1.54) is 15.7 Å². The van der Waals surface area contributed by atoms with Crippen molar-refractivity contribution in [3.05, 3.63) is 86.3 Å². The van der Waals surface area contributed by atoms with E-state index in [4.69, 9.17) is 11.6 Å². The zero-order valence-electron chi connectivity index (χ0n) is 20.1. The van der Waals surface area contributed by atoms with Crippen LogP contribution >= 0.6 is 11.6 Å². The molecule has 0 unspecified atom stereocenters. The molecule has 0 radical (unpaired) electrons. The molecule has 0 aliphatic rings. The Kier molecular flexibility index (Phi) is 8.47. The van der Waals surface area contributed by atoms with E-state index in [-0.39, 0.29) is 22.0 Å². The van der Waals surface area contributed by atoms with Gasteiger partial charge in [0.2, 0.25) is 5.28 Å². The largest absolute Gasteiger partial charge is 0.332 e. The Morgan fingerprint density at radius 1 is 1.00 bits per heavy atom. The van der Waals surface area contributed by atoms with Crippen molar-refractivity contribution in [3.63, 3.8) is 0 Å². The van der Waals surface area contributed by atoms with E-state index in [0.29, 0.717) is 25.2 Å². The molecule has 0 aliphatic heterocycles. The molecule has 0 saturated carbocycles. The van der Waals surface area contributed by atoms with Crippen molar-refractivity contribution in [1.82, 2.24) is 24.1 Å². The number of halogens is 1. The normalized spacial score (nSPS) is 11.4. The lowest BCUT2D eigenvalue weighted by Crippen LogP contribution is -2.40. The minimum absolute atomic E-state index is 0.121. The molecule has 0 atom stereocenters. The molecular weight excluding hydrogens is 464 g/mol. The summed E-state index contributed by atoms with van der Waals surface area (Å²) in [7, 11) is 0. The fourth-order valence-electron chi connectivity index (χ4n) is 4.37. The molecule has 0 amide bonds. The first-order chi connectivity index (χ1) is 17.1. The Hall–Kier alpha value is -3.26. The van der Waals surface area contributed by atoms with Gasteiger partial charge in [-0.3, -0.25) is 18.9 Å². The van der Waals surface area contributed by atoms with Crippen LogP contribution in [0.5, 0.6) is 0 Å². The summed E-state index contributed by atoms with van der Waals surface area (Å²) in [5.41, 5.74) is 2.36. The third-order valence-corrected chi connectivity index (χ3v) is 6.37. The van der Waals surface area contributed by atoms with Crippen LogP contribution in [0, 0.1) is 0 Å². The van der Waals surface area contributed by atoms with Gasteiger partial charge >= 0.3 is 5.69 Å². The second-order valence-corrected chi connectivity index (χ2v) is 9.20. The zero-order valence-corrected chi connectivity index (χ0v) is 20.9. The van der Waals surface area contributed by atoms with Crippen LogP contribution in [0.2, 0.25) is 5.28 Å². The Morgan fingerprint density at radius 2 is 1.80 bits per heavy atom. The molecule has 4 rings (SSSR count). The SMILES string of the molecule is CCCCCn1c(=O)n(CCCc2ccc[n+](CCCc3cccnc3)c2)c(=O)c2[nH]c(Cl)nc21. The van der Waals surface area contributed by atoms with Gasteiger partial charge in [0.1, 0.15) is 6.54 Å². The maximum absolute atomic E-state index is 13.2. The second kappa shape index (κ2) is 11.9. The van der Waals surface area contributed by atoms with Crippen LogP contribution in [0.1, 0.15) is 50.2 Å². The molecule has 0 spiro atoms. The second-order valence-electron chi connectivity index (χ2n) is 8.84. The van der Waals surface area contributed by atoms with Crippen LogP contribution in [0.3, 0.4) is 0 Å². The molecular formula is C26H32ClN6O2+. The number of aromatic nitrogens is 6. The van der Waals surface area contributed by atoms with Gasteiger partial charge in [0.05, 0.1) is 0 Å². The monoisotopic (exact) mass is 495 g/mol. The Bertz CT molecular complexity index is 1380. The first-order valence-corrected chi connectivity index (χ1v) is 12.7. The average molecular weight is 496 g/mol. The van der Waals surface area contributed by atoms with Gasteiger partial charge in [-0.2, -0.15) is 4.98 Å². The van der Waals surface area contributed by atoms with Gasteiger partial charge in [-0.1, -0.05) is 25.8 Å². The molecule has 9 heteroatoms. The Labute approximate surface area is 209 Å². The number of nitrogens with zero attached hydrogens (tertiary/aromatic N) is 5. The van der Waals surface area contributed by atoms with Crippen molar-refractivity contribution in [2.45, 2.75) is 71.5 Å². The van der Waals surface area contributed by atoms with Crippen LogP contribution in [-0.4, -0.2) is 24.1 Å². The number of pyridine rings is 2. The predicted molar refractivity (Wildman–Crippen MR) is 137 cm³/mol. The summed E-state index contributed by atoms with van der Waals surface area (Å²) < 4.78 is 5.08. The smallest absolute Gasteiger partial charge is 0.323 e. The van der Waals surface area contributed by atoms with E-state index in [9.17, 15) is 9.59 Å². The number of aryl methyl sites for hydroxylation is 4. The number of rotatable bonds is 12. The Morgan fingerprint density at radius 3 is 2.60 bits per heavy atom. The number of hydrogen-bond donors (Lipinski definition) is 1. The fraction of sp³-hybridized carbons (Fsp3) is 0.423. The van der Waals surface area contributed by atoms with Gasteiger partial charge in [0.15, 0.2) is 23.6 Å². The molecule has 4 aromatic heterocycles. The highest BCUT2D eigenvalue weighted by Crippen LogP contribution is 2.11. The standard InChI is InChI=1S/C26H31ClN6O2/c1-2-3-4-16-32-23-22(29-25(27)30-23)24(34)33(26(32)35)17-8-12-21-11-7-15-31(19-21)14-6-10-20-9-5-13-28-18-20/h5,7,9,11,13,15,18-19H,2-4,6,8,10,12,14,16-17H2,1H3/p+1. The van der Waals surface area contributed by atoms with Crippen LogP contribution in [0.4, 0.5) is 0 Å². The minimum Gasteiger partial charge on any atom is -0.323 e.